The molecule has 0 aromatic heterocycles. The monoisotopic (exact) mass is 414 g/mol. The zero-order chi connectivity index (χ0) is 20.9. The van der Waals surface area contributed by atoms with E-state index in [1.807, 2.05) is 0 Å². The SMILES string of the molecule is CCN(CC)S(=O)(=O)c1cccc(C(=O)NCc2cccc(C(F)(F)F)c2)c1. The Hall–Kier alpha value is -2.39. The molecule has 2 aromatic carbocycles. The number of amides is 1. The zero-order valence-electron chi connectivity index (χ0n) is 15.5. The molecule has 0 atom stereocenters. The fourth-order valence-corrected chi connectivity index (χ4v) is 4.16. The molecular formula is C19H21F3N2O3S. The van der Waals surface area contributed by atoms with Gasteiger partial charge in [-0.05, 0) is 35.9 Å². The minimum Gasteiger partial charge on any atom is -0.348 e. The van der Waals surface area contributed by atoms with Gasteiger partial charge in [0.25, 0.3) is 5.91 Å². The van der Waals surface area contributed by atoms with Crippen molar-refractivity contribution >= 4 is 15.9 Å². The molecule has 0 aliphatic heterocycles. The van der Waals surface area contributed by atoms with E-state index in [1.165, 1.54) is 40.7 Å². The number of carbonyl (C=O) groups excluding carboxylic acids is 1. The molecule has 0 radical (unpaired) electrons. The summed E-state index contributed by atoms with van der Waals surface area (Å²) in [5.74, 6) is -0.575. The second kappa shape index (κ2) is 8.74. The van der Waals surface area contributed by atoms with Crippen molar-refractivity contribution in [1.29, 1.82) is 0 Å². The number of sulfonamides is 1. The highest BCUT2D eigenvalue weighted by Crippen LogP contribution is 2.29. The molecule has 0 aliphatic carbocycles. The number of nitrogens with zero attached hydrogens (tertiary/aromatic N) is 1. The van der Waals surface area contributed by atoms with Gasteiger partial charge in [-0.1, -0.05) is 32.0 Å². The van der Waals surface area contributed by atoms with Crippen LogP contribution in [0.25, 0.3) is 0 Å². The molecule has 0 aliphatic rings. The predicted octanol–water partition coefficient (Wildman–Crippen LogP) is 3.67. The first-order valence-electron chi connectivity index (χ1n) is 8.64. The van der Waals surface area contributed by atoms with E-state index in [1.54, 1.807) is 13.8 Å². The van der Waals surface area contributed by atoms with Crippen LogP contribution in [0.2, 0.25) is 0 Å². The van der Waals surface area contributed by atoms with Crippen LogP contribution in [0.5, 0.6) is 0 Å². The maximum atomic E-state index is 12.8. The van der Waals surface area contributed by atoms with Crippen LogP contribution in [-0.2, 0) is 22.7 Å². The van der Waals surface area contributed by atoms with E-state index in [4.69, 9.17) is 0 Å². The molecule has 152 valence electrons. The summed E-state index contributed by atoms with van der Waals surface area (Å²) in [6.45, 7) is 3.91. The van der Waals surface area contributed by atoms with Gasteiger partial charge < -0.3 is 5.32 Å². The molecule has 1 N–H and O–H groups in total. The molecule has 5 nitrogen and oxygen atoms in total. The van der Waals surface area contributed by atoms with Crippen LogP contribution in [0.4, 0.5) is 13.2 Å². The largest absolute Gasteiger partial charge is 0.416 e. The Morgan fingerprint density at radius 1 is 1.04 bits per heavy atom. The van der Waals surface area contributed by atoms with Crippen molar-refractivity contribution in [3.8, 4) is 0 Å². The molecule has 0 unspecified atom stereocenters. The zero-order valence-corrected chi connectivity index (χ0v) is 16.3. The van der Waals surface area contributed by atoms with Gasteiger partial charge in [-0.3, -0.25) is 4.79 Å². The van der Waals surface area contributed by atoms with Crippen molar-refractivity contribution in [2.75, 3.05) is 13.1 Å². The Bertz CT molecular complexity index is 939. The molecule has 9 heteroatoms. The summed E-state index contributed by atoms with van der Waals surface area (Å²) in [7, 11) is -3.72. The molecule has 0 fully saturated rings. The topological polar surface area (TPSA) is 66.5 Å². The van der Waals surface area contributed by atoms with Gasteiger partial charge in [0.1, 0.15) is 0 Å². The summed E-state index contributed by atoms with van der Waals surface area (Å²) in [6.07, 6.45) is -4.47. The van der Waals surface area contributed by atoms with E-state index in [-0.39, 0.29) is 22.6 Å². The van der Waals surface area contributed by atoms with Crippen LogP contribution in [0.1, 0.15) is 35.3 Å². The van der Waals surface area contributed by atoms with Crippen molar-refractivity contribution in [2.24, 2.45) is 0 Å². The molecule has 2 aromatic rings. The molecule has 0 heterocycles. The average Bonchev–Trinajstić information content (AvgIpc) is 2.66. The summed E-state index contributed by atoms with van der Waals surface area (Å²) >= 11 is 0. The lowest BCUT2D eigenvalue weighted by Gasteiger charge is -2.18. The van der Waals surface area contributed by atoms with E-state index < -0.39 is 27.7 Å². The lowest BCUT2D eigenvalue weighted by molar-refractivity contribution is -0.137. The first kappa shape index (κ1) is 21.9. The van der Waals surface area contributed by atoms with E-state index >= 15 is 0 Å². The Morgan fingerprint density at radius 2 is 1.68 bits per heavy atom. The Balaban J connectivity index is 2.16. The van der Waals surface area contributed by atoms with Crippen molar-refractivity contribution in [3.63, 3.8) is 0 Å². The van der Waals surface area contributed by atoms with E-state index in [9.17, 15) is 26.4 Å². The Labute approximate surface area is 162 Å². The van der Waals surface area contributed by atoms with Crippen LogP contribution in [0.3, 0.4) is 0 Å². The predicted molar refractivity (Wildman–Crippen MR) is 99.2 cm³/mol. The fourth-order valence-electron chi connectivity index (χ4n) is 2.65. The first-order chi connectivity index (χ1) is 13.1. The first-order valence-corrected chi connectivity index (χ1v) is 10.1. The van der Waals surface area contributed by atoms with Crippen molar-refractivity contribution < 1.29 is 26.4 Å². The van der Waals surface area contributed by atoms with Crippen molar-refractivity contribution in [3.05, 3.63) is 65.2 Å². The molecular weight excluding hydrogens is 393 g/mol. The normalized spacial score (nSPS) is 12.2. The van der Waals surface area contributed by atoms with Crippen LogP contribution < -0.4 is 5.32 Å². The van der Waals surface area contributed by atoms with Crippen molar-refractivity contribution in [2.45, 2.75) is 31.5 Å². The van der Waals surface area contributed by atoms with Gasteiger partial charge in [-0.15, -0.1) is 0 Å². The Kier molecular flexibility index (Phi) is 6.84. The van der Waals surface area contributed by atoms with E-state index in [0.717, 1.165) is 12.1 Å². The molecule has 28 heavy (non-hydrogen) atoms. The molecule has 0 saturated heterocycles. The van der Waals surface area contributed by atoms with Crippen LogP contribution in [-0.4, -0.2) is 31.7 Å². The summed E-state index contributed by atoms with van der Waals surface area (Å²) < 4.78 is 64.7. The molecule has 0 spiro atoms. The number of rotatable bonds is 7. The fraction of sp³-hybridized carbons (Fsp3) is 0.316. The van der Waals surface area contributed by atoms with Gasteiger partial charge in [0.15, 0.2) is 0 Å². The van der Waals surface area contributed by atoms with Gasteiger partial charge >= 0.3 is 6.18 Å². The molecule has 2 rings (SSSR count). The van der Waals surface area contributed by atoms with E-state index in [2.05, 4.69) is 5.32 Å². The molecule has 0 saturated carbocycles. The third-order valence-corrected chi connectivity index (χ3v) is 6.19. The molecule has 1 amide bonds. The maximum Gasteiger partial charge on any atom is 0.416 e. The Morgan fingerprint density at radius 3 is 2.29 bits per heavy atom. The van der Waals surface area contributed by atoms with Crippen LogP contribution in [0.15, 0.2) is 53.4 Å². The summed E-state index contributed by atoms with van der Waals surface area (Å²) in [5, 5.41) is 2.52. The maximum absolute atomic E-state index is 12.8. The number of carbonyl (C=O) groups is 1. The van der Waals surface area contributed by atoms with Gasteiger partial charge in [0, 0.05) is 25.2 Å². The van der Waals surface area contributed by atoms with E-state index in [0.29, 0.717) is 13.1 Å². The van der Waals surface area contributed by atoms with Crippen LogP contribution >= 0.6 is 0 Å². The number of nitrogens with one attached hydrogen (secondary N) is 1. The third-order valence-electron chi connectivity index (χ3n) is 4.15. The summed E-state index contributed by atoms with van der Waals surface area (Å²) in [4.78, 5) is 12.3. The number of hydrogen-bond donors (Lipinski definition) is 1. The number of hydrogen-bond acceptors (Lipinski definition) is 3. The summed E-state index contributed by atoms with van der Waals surface area (Å²) in [5.41, 5.74) is -0.401. The molecule has 0 bridgehead atoms. The highest BCUT2D eigenvalue weighted by molar-refractivity contribution is 7.89. The smallest absolute Gasteiger partial charge is 0.348 e. The van der Waals surface area contributed by atoms with Gasteiger partial charge in [0.2, 0.25) is 10.0 Å². The standard InChI is InChI=1S/C19H21F3N2O3S/c1-3-24(4-2)28(26,27)17-10-6-8-15(12-17)18(25)23-13-14-7-5-9-16(11-14)19(20,21)22/h5-12H,3-4,13H2,1-2H3,(H,23,25). The lowest BCUT2D eigenvalue weighted by atomic mass is 10.1. The van der Waals surface area contributed by atoms with Crippen LogP contribution in [0, 0.1) is 0 Å². The second-order valence-electron chi connectivity index (χ2n) is 6.00. The summed E-state index contributed by atoms with van der Waals surface area (Å²) in [6, 6.07) is 10.2. The minimum atomic E-state index is -4.47. The lowest BCUT2D eigenvalue weighted by Crippen LogP contribution is -2.31. The highest BCUT2D eigenvalue weighted by Gasteiger charge is 2.30. The number of halogens is 3. The number of benzene rings is 2. The third kappa shape index (κ3) is 5.11. The highest BCUT2D eigenvalue weighted by atomic mass is 32.2. The second-order valence-corrected chi connectivity index (χ2v) is 7.94. The quantitative estimate of drug-likeness (QED) is 0.752. The van der Waals surface area contributed by atoms with Gasteiger partial charge in [0.05, 0.1) is 10.5 Å². The minimum absolute atomic E-state index is 0.0112. The van der Waals surface area contributed by atoms with Crippen molar-refractivity contribution in [1.82, 2.24) is 9.62 Å². The average molecular weight is 414 g/mol. The van der Waals surface area contributed by atoms with Gasteiger partial charge in [-0.25, -0.2) is 8.42 Å². The number of alkyl halides is 3. The van der Waals surface area contributed by atoms with Gasteiger partial charge in [-0.2, -0.15) is 17.5 Å².